The highest BCUT2D eigenvalue weighted by molar-refractivity contribution is 6.61. The van der Waals surface area contributed by atoms with Crippen molar-refractivity contribution in [3.05, 3.63) is 0 Å². The first-order chi connectivity index (χ1) is 17.0. The number of hydrogen-bond acceptors (Lipinski definition) is 9. The molecule has 0 amide bonds. The Bertz CT molecular complexity index is 393. The average molecular weight is 542 g/mol. The molecule has 9 nitrogen and oxygen atoms in total. The van der Waals surface area contributed by atoms with E-state index in [1.54, 1.807) is 0 Å². The highest BCUT2D eigenvalue weighted by Crippen LogP contribution is 2.19. The number of ether oxygens (including phenoxy) is 2. The molecule has 0 aromatic heterocycles. The largest absolute Gasteiger partial charge is 0.501 e. The molecule has 0 rings (SSSR count). The topological polar surface area (TPSA) is 77.1 Å². The average Bonchev–Trinajstić information content (AvgIpc) is 2.83. The van der Waals surface area contributed by atoms with Gasteiger partial charge >= 0.3 is 17.6 Å². The summed E-state index contributed by atoms with van der Waals surface area (Å²) in [5.41, 5.74) is 0. The van der Waals surface area contributed by atoms with Crippen molar-refractivity contribution in [3.63, 3.8) is 0 Å². The molecular formula is C24H55NO8Si2. The van der Waals surface area contributed by atoms with Crippen LogP contribution in [0.2, 0.25) is 12.1 Å². The Kier molecular flexibility index (Phi) is 23.3. The third-order valence-electron chi connectivity index (χ3n) is 5.28. The molecule has 0 fully saturated rings. The van der Waals surface area contributed by atoms with Crippen LogP contribution in [0.25, 0.3) is 0 Å². The highest BCUT2D eigenvalue weighted by atomic mass is 28.4. The Morgan fingerprint density at radius 3 is 1.03 bits per heavy atom. The van der Waals surface area contributed by atoms with Crippen LogP contribution < -0.4 is 0 Å². The lowest BCUT2D eigenvalue weighted by atomic mass is 10.4. The van der Waals surface area contributed by atoms with Crippen molar-refractivity contribution in [3.8, 4) is 0 Å². The van der Waals surface area contributed by atoms with Gasteiger partial charge in [-0.2, -0.15) is 0 Å². The van der Waals surface area contributed by atoms with Gasteiger partial charge in [-0.3, -0.25) is 4.90 Å². The van der Waals surface area contributed by atoms with E-state index in [-0.39, 0.29) is 0 Å². The third-order valence-corrected chi connectivity index (χ3v) is 11.6. The van der Waals surface area contributed by atoms with Gasteiger partial charge in [-0.15, -0.1) is 0 Å². The molecule has 0 heterocycles. The summed E-state index contributed by atoms with van der Waals surface area (Å²) < 4.78 is 47.2. The quantitative estimate of drug-likeness (QED) is 0.112. The van der Waals surface area contributed by atoms with E-state index in [4.69, 9.17) is 36.0 Å². The van der Waals surface area contributed by atoms with Crippen molar-refractivity contribution in [1.82, 2.24) is 4.90 Å². The van der Waals surface area contributed by atoms with Crippen molar-refractivity contribution in [2.24, 2.45) is 0 Å². The SMILES string of the molecule is CCO[Si](CCCOCCN(CC)CCOCCC[Si](OCC)(OCC)OCC)(OCC)OCC. The maximum Gasteiger partial charge on any atom is 0.501 e. The molecule has 0 aliphatic carbocycles. The zero-order valence-corrected chi connectivity index (χ0v) is 25.7. The van der Waals surface area contributed by atoms with Gasteiger partial charge in [0, 0.05) is 78.0 Å². The summed E-state index contributed by atoms with van der Waals surface area (Å²) in [5.74, 6) is 0. The summed E-state index contributed by atoms with van der Waals surface area (Å²) in [5, 5.41) is 0. The van der Waals surface area contributed by atoms with Crippen LogP contribution in [0.4, 0.5) is 0 Å². The predicted molar refractivity (Wildman–Crippen MR) is 144 cm³/mol. The summed E-state index contributed by atoms with van der Waals surface area (Å²) in [6.45, 7) is 23.2. The normalized spacial score (nSPS) is 12.7. The van der Waals surface area contributed by atoms with Gasteiger partial charge in [0.05, 0.1) is 13.2 Å². The smallest absolute Gasteiger partial charge is 0.380 e. The predicted octanol–water partition coefficient (Wildman–Crippen LogP) is 4.22. The molecule has 0 N–H and O–H groups in total. The van der Waals surface area contributed by atoms with Crippen LogP contribution in [0, 0.1) is 0 Å². The second-order valence-corrected chi connectivity index (χ2v) is 13.3. The number of nitrogens with zero attached hydrogens (tertiary/aromatic N) is 1. The third kappa shape index (κ3) is 16.5. The van der Waals surface area contributed by atoms with E-state index in [0.717, 1.165) is 44.6 Å². The van der Waals surface area contributed by atoms with E-state index in [9.17, 15) is 0 Å². The first-order valence-electron chi connectivity index (χ1n) is 13.7. The van der Waals surface area contributed by atoms with Crippen molar-refractivity contribution >= 4 is 17.6 Å². The van der Waals surface area contributed by atoms with E-state index < -0.39 is 17.6 Å². The molecule has 0 aliphatic rings. The van der Waals surface area contributed by atoms with Gasteiger partial charge in [0.25, 0.3) is 0 Å². The molecule has 0 bridgehead atoms. The molecule has 0 radical (unpaired) electrons. The van der Waals surface area contributed by atoms with E-state index in [1.165, 1.54) is 0 Å². The van der Waals surface area contributed by atoms with Crippen LogP contribution in [0.15, 0.2) is 0 Å². The lowest BCUT2D eigenvalue weighted by Crippen LogP contribution is -2.46. The van der Waals surface area contributed by atoms with Gasteiger partial charge in [-0.1, -0.05) is 6.92 Å². The number of hydrogen-bond donors (Lipinski definition) is 0. The molecular weight excluding hydrogens is 486 g/mol. The van der Waals surface area contributed by atoms with Crippen molar-refractivity contribution in [2.75, 3.05) is 85.7 Å². The second kappa shape index (κ2) is 23.2. The molecule has 0 aromatic carbocycles. The van der Waals surface area contributed by atoms with Crippen LogP contribution >= 0.6 is 0 Å². The number of rotatable bonds is 27. The molecule has 0 unspecified atom stereocenters. The maximum absolute atomic E-state index is 5.90. The minimum atomic E-state index is -2.57. The number of likely N-dealkylation sites (N-methyl/N-ethyl adjacent to an activating group) is 1. The highest BCUT2D eigenvalue weighted by Gasteiger charge is 2.40. The minimum Gasteiger partial charge on any atom is -0.380 e. The van der Waals surface area contributed by atoms with Crippen molar-refractivity contribution < 1.29 is 36.0 Å². The van der Waals surface area contributed by atoms with Gasteiger partial charge in [0.1, 0.15) is 0 Å². The van der Waals surface area contributed by atoms with Crippen LogP contribution in [0.5, 0.6) is 0 Å². The molecule has 0 spiro atoms. The van der Waals surface area contributed by atoms with E-state index in [2.05, 4.69) is 11.8 Å². The standard InChI is InChI=1S/C24H55NO8Si2/c1-8-25(17-21-26-19-15-23-34(28-9-2,29-10-3)30-11-4)18-22-27-20-16-24-35(31-12-5,32-13-6)33-14-7/h8-24H2,1-7H3. The van der Waals surface area contributed by atoms with Gasteiger partial charge < -0.3 is 36.0 Å². The second-order valence-electron chi connectivity index (χ2n) is 7.83. The van der Waals surface area contributed by atoms with Gasteiger partial charge in [-0.25, -0.2) is 0 Å². The van der Waals surface area contributed by atoms with Crippen LogP contribution in [-0.2, 0) is 36.0 Å². The monoisotopic (exact) mass is 541 g/mol. The Balaban J connectivity index is 4.10. The minimum absolute atomic E-state index is 0.606. The molecule has 0 aromatic rings. The summed E-state index contributed by atoms with van der Waals surface area (Å²) in [4.78, 5) is 2.35. The molecule has 35 heavy (non-hydrogen) atoms. The molecule has 0 saturated carbocycles. The Morgan fingerprint density at radius 1 is 0.457 bits per heavy atom. The van der Waals surface area contributed by atoms with Crippen LogP contribution in [0.3, 0.4) is 0 Å². The van der Waals surface area contributed by atoms with Crippen molar-refractivity contribution in [1.29, 1.82) is 0 Å². The lowest BCUT2D eigenvalue weighted by Gasteiger charge is -2.28. The molecule has 212 valence electrons. The Labute approximate surface area is 217 Å². The fraction of sp³-hybridized carbons (Fsp3) is 1.00. The van der Waals surface area contributed by atoms with Crippen molar-refractivity contribution in [2.45, 2.75) is 73.4 Å². The summed E-state index contributed by atoms with van der Waals surface area (Å²) >= 11 is 0. The summed E-state index contributed by atoms with van der Waals surface area (Å²) in [6.07, 6.45) is 1.75. The molecule has 0 aliphatic heterocycles. The molecule has 0 atom stereocenters. The maximum atomic E-state index is 5.90. The van der Waals surface area contributed by atoms with Gasteiger partial charge in [0.15, 0.2) is 0 Å². The van der Waals surface area contributed by atoms with E-state index in [0.29, 0.717) is 66.1 Å². The van der Waals surface area contributed by atoms with Gasteiger partial charge in [-0.05, 0) is 60.9 Å². The summed E-state index contributed by atoms with van der Waals surface area (Å²) in [6, 6.07) is 1.57. The lowest BCUT2D eigenvalue weighted by molar-refractivity contribution is 0.0576. The van der Waals surface area contributed by atoms with Crippen LogP contribution in [-0.4, -0.2) is 108 Å². The Hall–Kier alpha value is 0.0738. The zero-order valence-electron chi connectivity index (χ0n) is 23.7. The van der Waals surface area contributed by atoms with E-state index >= 15 is 0 Å². The zero-order chi connectivity index (χ0) is 26.3. The fourth-order valence-electron chi connectivity index (χ4n) is 3.80. The Morgan fingerprint density at radius 2 is 0.771 bits per heavy atom. The summed E-state index contributed by atoms with van der Waals surface area (Å²) in [7, 11) is -5.14. The first-order valence-corrected chi connectivity index (χ1v) is 17.6. The molecule has 11 heteroatoms. The van der Waals surface area contributed by atoms with E-state index in [1.807, 2.05) is 41.5 Å². The van der Waals surface area contributed by atoms with Gasteiger partial charge in [0.2, 0.25) is 0 Å². The molecule has 0 saturated heterocycles. The first kappa shape index (κ1) is 35.1. The van der Waals surface area contributed by atoms with Crippen LogP contribution in [0.1, 0.15) is 61.3 Å². The fourth-order valence-corrected chi connectivity index (χ4v) is 8.96.